The first kappa shape index (κ1) is 11.1. The molecule has 0 amide bonds. The highest BCUT2D eigenvalue weighted by Gasteiger charge is 2.18. The van der Waals surface area contributed by atoms with Crippen molar-refractivity contribution in [1.29, 1.82) is 0 Å². The minimum Gasteiger partial charge on any atom is -0.493 e. The van der Waals surface area contributed by atoms with E-state index in [1.54, 1.807) is 0 Å². The summed E-state index contributed by atoms with van der Waals surface area (Å²) in [6.45, 7) is 0. The Bertz CT molecular complexity index is 341. The van der Waals surface area contributed by atoms with E-state index in [-0.39, 0.29) is 5.75 Å². The number of ether oxygens (including phenoxy) is 3. The number of hydrogen-bond acceptors (Lipinski definition) is 3. The fraction of sp³-hybridized carbons (Fsp3) is 0.333. The van der Waals surface area contributed by atoms with Crippen LogP contribution in [0, 0.1) is 5.82 Å². The molecule has 3 nitrogen and oxygen atoms in total. The predicted molar refractivity (Wildman–Crippen MR) is 53.8 cm³/mol. The average molecular weight is 265 g/mol. The van der Waals surface area contributed by atoms with Crippen LogP contribution >= 0.6 is 15.9 Å². The maximum absolute atomic E-state index is 13.3. The van der Waals surface area contributed by atoms with Crippen LogP contribution in [0.25, 0.3) is 0 Å². The van der Waals surface area contributed by atoms with Gasteiger partial charge in [-0.2, -0.15) is 0 Å². The number of hydrogen-bond donors (Lipinski definition) is 0. The van der Waals surface area contributed by atoms with E-state index in [0.29, 0.717) is 16.0 Å². The Hall–Kier alpha value is -0.970. The van der Waals surface area contributed by atoms with Gasteiger partial charge in [-0.15, -0.1) is 0 Å². The molecule has 0 atom stereocenters. The summed E-state index contributed by atoms with van der Waals surface area (Å²) in [5, 5.41) is 0. The van der Waals surface area contributed by atoms with Gasteiger partial charge in [0, 0.05) is 6.07 Å². The van der Waals surface area contributed by atoms with Gasteiger partial charge in [0.05, 0.1) is 21.3 Å². The van der Waals surface area contributed by atoms with E-state index in [9.17, 15) is 4.39 Å². The van der Waals surface area contributed by atoms with E-state index < -0.39 is 5.82 Å². The van der Waals surface area contributed by atoms with Crippen LogP contribution in [0.4, 0.5) is 4.39 Å². The second kappa shape index (κ2) is 4.50. The minimum atomic E-state index is -0.503. The van der Waals surface area contributed by atoms with Crippen molar-refractivity contribution in [3.05, 3.63) is 16.4 Å². The lowest BCUT2D eigenvalue weighted by Gasteiger charge is -2.12. The van der Waals surface area contributed by atoms with Crippen LogP contribution in [0.2, 0.25) is 0 Å². The molecule has 0 aliphatic rings. The molecule has 78 valence electrons. The lowest BCUT2D eigenvalue weighted by Crippen LogP contribution is -1.96. The van der Waals surface area contributed by atoms with E-state index in [2.05, 4.69) is 15.9 Å². The van der Waals surface area contributed by atoms with Crippen molar-refractivity contribution < 1.29 is 18.6 Å². The SMILES string of the molecule is COc1cc(F)c(OC)c(Br)c1OC. The number of rotatable bonds is 3. The molecule has 0 fully saturated rings. The quantitative estimate of drug-likeness (QED) is 0.840. The van der Waals surface area contributed by atoms with Crippen LogP contribution in [-0.4, -0.2) is 21.3 Å². The maximum Gasteiger partial charge on any atom is 0.178 e. The highest BCUT2D eigenvalue weighted by molar-refractivity contribution is 9.10. The van der Waals surface area contributed by atoms with Crippen LogP contribution in [0.3, 0.4) is 0 Å². The molecule has 0 spiro atoms. The normalized spacial score (nSPS) is 9.79. The molecule has 5 heteroatoms. The van der Waals surface area contributed by atoms with Gasteiger partial charge < -0.3 is 14.2 Å². The second-order valence-electron chi connectivity index (χ2n) is 2.44. The Morgan fingerprint density at radius 1 is 1.07 bits per heavy atom. The zero-order chi connectivity index (χ0) is 10.7. The Morgan fingerprint density at radius 2 is 1.64 bits per heavy atom. The second-order valence-corrected chi connectivity index (χ2v) is 3.23. The summed E-state index contributed by atoms with van der Waals surface area (Å²) in [6, 6.07) is 1.21. The monoisotopic (exact) mass is 264 g/mol. The fourth-order valence-corrected chi connectivity index (χ4v) is 1.80. The lowest BCUT2D eigenvalue weighted by atomic mass is 10.3. The third-order valence-electron chi connectivity index (χ3n) is 1.73. The van der Waals surface area contributed by atoms with E-state index >= 15 is 0 Å². The molecule has 1 aromatic carbocycles. The third kappa shape index (κ3) is 1.77. The van der Waals surface area contributed by atoms with Gasteiger partial charge in [-0.1, -0.05) is 0 Å². The largest absolute Gasteiger partial charge is 0.493 e. The molecule has 0 radical (unpaired) electrons. The minimum absolute atomic E-state index is 0.0997. The molecular formula is C9H10BrFO3. The molecule has 0 heterocycles. The van der Waals surface area contributed by atoms with Crippen molar-refractivity contribution in [1.82, 2.24) is 0 Å². The van der Waals surface area contributed by atoms with Gasteiger partial charge in [0.1, 0.15) is 4.47 Å². The van der Waals surface area contributed by atoms with Crippen molar-refractivity contribution in [3.63, 3.8) is 0 Å². The fourth-order valence-electron chi connectivity index (χ4n) is 1.09. The van der Waals surface area contributed by atoms with Gasteiger partial charge in [-0.25, -0.2) is 4.39 Å². The van der Waals surface area contributed by atoms with Crippen LogP contribution in [0.5, 0.6) is 17.2 Å². The Balaban J connectivity index is 3.39. The standard InChI is InChI=1S/C9H10BrFO3/c1-12-6-4-5(11)8(13-2)7(10)9(6)14-3/h4H,1-3H3. The molecule has 14 heavy (non-hydrogen) atoms. The maximum atomic E-state index is 13.3. The molecule has 0 aliphatic heterocycles. The van der Waals surface area contributed by atoms with Crippen molar-refractivity contribution in [3.8, 4) is 17.2 Å². The van der Waals surface area contributed by atoms with Gasteiger partial charge in [0.2, 0.25) is 0 Å². The van der Waals surface area contributed by atoms with Crippen LogP contribution in [-0.2, 0) is 0 Å². The summed E-state index contributed by atoms with van der Waals surface area (Å²) in [5.41, 5.74) is 0. The summed E-state index contributed by atoms with van der Waals surface area (Å²) in [4.78, 5) is 0. The first-order valence-electron chi connectivity index (χ1n) is 3.79. The summed E-state index contributed by atoms with van der Waals surface area (Å²) < 4.78 is 28.6. The summed E-state index contributed by atoms with van der Waals surface area (Å²) in [6.07, 6.45) is 0. The topological polar surface area (TPSA) is 27.7 Å². The van der Waals surface area contributed by atoms with Crippen LogP contribution in [0.15, 0.2) is 10.5 Å². The smallest absolute Gasteiger partial charge is 0.178 e. The highest BCUT2D eigenvalue weighted by Crippen LogP contribution is 2.43. The van der Waals surface area contributed by atoms with Gasteiger partial charge in [-0.3, -0.25) is 0 Å². The molecule has 1 aromatic rings. The average Bonchev–Trinajstić information content (AvgIpc) is 2.17. The van der Waals surface area contributed by atoms with Crippen molar-refractivity contribution >= 4 is 15.9 Å². The Labute approximate surface area is 89.9 Å². The van der Waals surface area contributed by atoms with Crippen LogP contribution < -0.4 is 14.2 Å². The van der Waals surface area contributed by atoms with E-state index in [0.717, 1.165) is 0 Å². The summed E-state index contributed by atoms with van der Waals surface area (Å²) >= 11 is 3.17. The summed E-state index contributed by atoms with van der Waals surface area (Å²) in [7, 11) is 4.30. The molecular weight excluding hydrogens is 255 g/mol. The first-order chi connectivity index (χ1) is 6.65. The van der Waals surface area contributed by atoms with Crippen molar-refractivity contribution in [2.24, 2.45) is 0 Å². The predicted octanol–water partition coefficient (Wildman–Crippen LogP) is 2.61. The highest BCUT2D eigenvalue weighted by atomic mass is 79.9. The van der Waals surface area contributed by atoms with Crippen molar-refractivity contribution in [2.75, 3.05) is 21.3 Å². The molecule has 0 bridgehead atoms. The molecule has 0 aromatic heterocycles. The summed E-state index contributed by atoms with van der Waals surface area (Å²) in [5.74, 6) is 0.322. The van der Waals surface area contributed by atoms with E-state index in [4.69, 9.17) is 14.2 Å². The Kier molecular flexibility index (Phi) is 3.57. The molecule has 0 saturated carbocycles. The van der Waals surface area contributed by atoms with Gasteiger partial charge in [-0.05, 0) is 15.9 Å². The molecule has 1 rings (SSSR count). The van der Waals surface area contributed by atoms with Gasteiger partial charge >= 0.3 is 0 Å². The number of benzene rings is 1. The van der Waals surface area contributed by atoms with E-state index in [1.165, 1.54) is 27.4 Å². The van der Waals surface area contributed by atoms with Crippen molar-refractivity contribution in [2.45, 2.75) is 0 Å². The third-order valence-corrected chi connectivity index (χ3v) is 2.45. The Morgan fingerprint density at radius 3 is 2.07 bits per heavy atom. The van der Waals surface area contributed by atoms with Gasteiger partial charge in [0.25, 0.3) is 0 Å². The molecule has 0 aliphatic carbocycles. The molecule has 0 unspecified atom stereocenters. The molecule has 0 saturated heterocycles. The van der Waals surface area contributed by atoms with E-state index in [1.807, 2.05) is 0 Å². The number of methoxy groups -OCH3 is 3. The first-order valence-corrected chi connectivity index (χ1v) is 4.59. The number of halogens is 2. The van der Waals surface area contributed by atoms with Gasteiger partial charge in [0.15, 0.2) is 23.1 Å². The zero-order valence-electron chi connectivity index (χ0n) is 8.06. The van der Waals surface area contributed by atoms with Crippen LogP contribution in [0.1, 0.15) is 0 Å². The zero-order valence-corrected chi connectivity index (χ0v) is 9.64. The lowest BCUT2D eigenvalue weighted by molar-refractivity contribution is 0.336. The molecule has 0 N–H and O–H groups in total.